The number of nitrogen functional groups attached to an aromatic ring is 3. The van der Waals surface area contributed by atoms with Crippen LogP contribution in [0.25, 0.3) is 62.4 Å². The maximum atomic E-state index is 11.4. The van der Waals surface area contributed by atoms with Crippen molar-refractivity contribution in [1.82, 2.24) is 44.9 Å². The molecular formula is C64H75N15O11S3. The van der Waals surface area contributed by atoms with E-state index in [-0.39, 0.29) is 97.9 Å². The van der Waals surface area contributed by atoms with Crippen LogP contribution in [0.4, 0.5) is 35.3 Å². The third kappa shape index (κ3) is 14.0. The zero-order chi connectivity index (χ0) is 65.8. The lowest BCUT2D eigenvalue weighted by molar-refractivity contribution is -0.161. The molecule has 12 atom stereocenters. The van der Waals surface area contributed by atoms with Crippen LogP contribution in [0.1, 0.15) is 77.9 Å². The standard InChI is InChI=1S/C23H27N5O4S.C21H25N5O3S.C20H23N5O4S/c1-11-17(21-27-14-7-5-6-8-16(14)33-21)20(28-22(24)25-11)26-15-9-13(10-30-12(2)29)18-19(15)32-23(3,4)31-18;1-10-15(19-25-12-6-4-5-7-14(12)30-19)18(26-20(22)23-10)24-13-8-11(9-27)16-17(13)29-21(2,3)28-16;1-9-15(19-24-12-5-3-4-6-14(12)30-19)18(25-20(21)22-9)23-13-7-11(8-29-10(2)26)16(27)17(13)28/h5-8,13,15,18-19H,9-10H2,1-4H3,(H3,24,25,26,28);4-7,11,13,16-17,27H,8-9H2,1-3H3,(H3,22,23,24,26);3-6,11,13,16-17,27-28H,7-8H2,1-2H3,(H3,21,22,23,25)/t13-,15-,18-,19+;2*11-,13-,16-,17+/m111/s1. The molecule has 6 aromatic heterocycles. The second-order valence-corrected chi connectivity index (χ2v) is 27.9. The van der Waals surface area contributed by atoms with Crippen LogP contribution >= 0.6 is 34.0 Å². The maximum Gasteiger partial charge on any atom is 0.302 e. The molecule has 3 saturated carbocycles. The number of carbonyl (C=O) groups excluding carboxylic acids is 2. The van der Waals surface area contributed by atoms with Gasteiger partial charge in [-0.25, -0.2) is 29.9 Å². The SMILES string of the molecule is CC(=O)OC[C@H]1C[C@@H](Nc2nc(N)nc(C)c2-c2nc3ccccc3s2)[C@@H]2OC(C)(C)O[C@H]12.CC(=O)OC[C@H]1C[C@@H](Nc2nc(N)nc(C)c2-c2nc3ccccc3s2)[C@H](O)[C@@H]1O.Cc1nc(N)nc(N[C@@H]2C[C@H](CO)[C@H]3OC(C)(C)O[C@H]32)c1-c1nc2ccccc2s1. The molecule has 5 aliphatic rings. The summed E-state index contributed by atoms with van der Waals surface area (Å²) in [5.41, 5.74) is 25.2. The highest BCUT2D eigenvalue weighted by Gasteiger charge is 2.56. The first kappa shape index (κ1) is 65.1. The fourth-order valence-corrected chi connectivity index (χ4v) is 16.2. The maximum absolute atomic E-state index is 11.4. The molecule has 2 saturated heterocycles. The Morgan fingerprint density at radius 1 is 0.495 bits per heavy atom. The van der Waals surface area contributed by atoms with Crippen molar-refractivity contribution in [3.63, 3.8) is 0 Å². The zero-order valence-corrected chi connectivity index (χ0v) is 55.1. The van der Waals surface area contributed by atoms with Gasteiger partial charge in [0.2, 0.25) is 17.8 Å². The number of aryl methyl sites for hydroxylation is 3. The van der Waals surface area contributed by atoms with E-state index < -0.39 is 35.8 Å². The van der Waals surface area contributed by atoms with Gasteiger partial charge in [-0.2, -0.15) is 15.0 Å². The molecule has 29 heteroatoms. The number of nitrogens with zero attached hydrogens (tertiary/aromatic N) is 9. The van der Waals surface area contributed by atoms with Crippen LogP contribution in [0.3, 0.4) is 0 Å². The van der Waals surface area contributed by atoms with Crippen LogP contribution in [0, 0.1) is 38.5 Å². The van der Waals surface area contributed by atoms with Crippen molar-refractivity contribution in [1.29, 1.82) is 0 Å². The van der Waals surface area contributed by atoms with Crippen molar-refractivity contribution in [2.45, 2.75) is 148 Å². The van der Waals surface area contributed by atoms with E-state index in [1.165, 1.54) is 25.2 Å². The predicted molar refractivity (Wildman–Crippen MR) is 356 cm³/mol. The number of aliphatic hydroxyl groups is 3. The molecule has 2 aliphatic heterocycles. The van der Waals surface area contributed by atoms with E-state index in [4.69, 9.17) is 60.6 Å². The third-order valence-electron chi connectivity index (χ3n) is 17.0. The monoisotopic (exact) mass is 1330 g/mol. The number of anilines is 6. The van der Waals surface area contributed by atoms with E-state index in [1.807, 2.05) is 115 Å². The van der Waals surface area contributed by atoms with E-state index in [0.717, 1.165) is 68.2 Å². The van der Waals surface area contributed by atoms with Crippen LogP contribution in [-0.4, -0.2) is 158 Å². The lowest BCUT2D eigenvalue weighted by Crippen LogP contribution is -2.36. The average Bonchev–Trinajstić information content (AvgIpc) is 1.66. The first-order valence-electron chi connectivity index (χ1n) is 30.6. The number of aliphatic hydroxyl groups excluding tert-OH is 3. The molecule has 0 amide bonds. The quantitative estimate of drug-likeness (QED) is 0.0463. The van der Waals surface area contributed by atoms with Crippen LogP contribution in [0.5, 0.6) is 0 Å². The molecule has 0 bridgehead atoms. The van der Waals surface area contributed by atoms with E-state index in [0.29, 0.717) is 48.0 Å². The third-order valence-corrected chi connectivity index (χ3v) is 20.2. The summed E-state index contributed by atoms with van der Waals surface area (Å²) in [4.78, 5) is 63.2. The number of carbonyl (C=O) groups is 2. The highest BCUT2D eigenvalue weighted by Crippen LogP contribution is 2.47. The van der Waals surface area contributed by atoms with Crippen molar-refractivity contribution >= 4 is 112 Å². The molecule has 3 aliphatic carbocycles. The molecule has 5 fully saturated rings. The lowest BCUT2D eigenvalue weighted by Gasteiger charge is -2.25. The summed E-state index contributed by atoms with van der Waals surface area (Å²) in [7, 11) is 0. The summed E-state index contributed by atoms with van der Waals surface area (Å²) in [5.74, 6) is -0.319. The van der Waals surface area contributed by atoms with Gasteiger partial charge in [0.15, 0.2) is 11.6 Å². The molecule has 3 aromatic carbocycles. The van der Waals surface area contributed by atoms with Crippen molar-refractivity contribution in [2.75, 3.05) is 53.0 Å². The molecule has 12 N–H and O–H groups in total. The van der Waals surface area contributed by atoms with Gasteiger partial charge in [-0.05, 0) is 104 Å². The van der Waals surface area contributed by atoms with Gasteiger partial charge < -0.3 is 76.9 Å². The number of rotatable bonds is 14. The number of aromatic nitrogens is 9. The Morgan fingerprint density at radius 2 is 0.828 bits per heavy atom. The molecule has 0 unspecified atom stereocenters. The summed E-state index contributed by atoms with van der Waals surface area (Å²) in [6, 6.07) is 23.2. The first-order chi connectivity index (χ1) is 44.4. The number of nitrogens with one attached hydrogen (secondary N) is 3. The van der Waals surface area contributed by atoms with E-state index in [1.54, 1.807) is 22.7 Å². The molecule has 8 heterocycles. The number of nitrogens with two attached hydrogens (primary N) is 3. The molecule has 26 nitrogen and oxygen atoms in total. The van der Waals surface area contributed by atoms with Gasteiger partial charge in [-0.1, -0.05) is 36.4 Å². The van der Waals surface area contributed by atoms with Gasteiger partial charge in [0.05, 0.1) is 114 Å². The number of ether oxygens (including phenoxy) is 6. The fraction of sp³-hybridized carbons (Fsp3) is 0.453. The summed E-state index contributed by atoms with van der Waals surface area (Å²) in [6.45, 7) is 16.3. The summed E-state index contributed by atoms with van der Waals surface area (Å²) < 4.78 is 38.2. The van der Waals surface area contributed by atoms with Crippen molar-refractivity contribution < 1.29 is 53.3 Å². The normalized spacial score (nSPS) is 25.6. The molecule has 9 aromatic rings. The topological polar surface area (TPSA) is 380 Å². The van der Waals surface area contributed by atoms with E-state index >= 15 is 0 Å². The Hall–Kier alpha value is -7.97. The van der Waals surface area contributed by atoms with Crippen LogP contribution in [0.15, 0.2) is 72.8 Å². The second-order valence-electron chi connectivity index (χ2n) is 24.8. The van der Waals surface area contributed by atoms with Crippen molar-refractivity contribution in [3.05, 3.63) is 89.9 Å². The van der Waals surface area contributed by atoms with Crippen LogP contribution in [0.2, 0.25) is 0 Å². The fourth-order valence-electron chi connectivity index (χ4n) is 13.0. The van der Waals surface area contributed by atoms with Crippen LogP contribution in [-0.2, 0) is 38.0 Å². The predicted octanol–water partition coefficient (Wildman–Crippen LogP) is 8.21. The number of fused-ring (bicyclic) bond motifs is 5. The highest BCUT2D eigenvalue weighted by molar-refractivity contribution is 7.22. The summed E-state index contributed by atoms with van der Waals surface area (Å²) in [6.07, 6.45) is -1.02. The lowest BCUT2D eigenvalue weighted by atomic mass is 10.1. The zero-order valence-electron chi connectivity index (χ0n) is 52.7. The number of hydrogen-bond acceptors (Lipinski definition) is 29. The van der Waals surface area contributed by atoms with Gasteiger partial charge in [0.1, 0.15) is 50.8 Å². The summed E-state index contributed by atoms with van der Waals surface area (Å²) >= 11 is 4.70. The molecule has 0 radical (unpaired) electrons. The van der Waals surface area contributed by atoms with Crippen molar-refractivity contribution in [3.8, 4) is 31.7 Å². The Balaban J connectivity index is 0.000000134. The number of hydrogen-bond donors (Lipinski definition) is 9. The van der Waals surface area contributed by atoms with Gasteiger partial charge in [-0.3, -0.25) is 9.59 Å². The summed E-state index contributed by atoms with van der Waals surface area (Å²) in [5, 5.41) is 43.4. The average molecular weight is 1330 g/mol. The highest BCUT2D eigenvalue weighted by atomic mass is 32.1. The number of benzene rings is 3. The minimum Gasteiger partial charge on any atom is -0.465 e. The number of para-hydroxylation sites is 3. The Morgan fingerprint density at radius 3 is 1.20 bits per heavy atom. The largest absolute Gasteiger partial charge is 0.465 e. The second kappa shape index (κ2) is 26.4. The molecule has 490 valence electrons. The van der Waals surface area contributed by atoms with Gasteiger partial charge in [0, 0.05) is 38.2 Å². The molecule has 14 rings (SSSR count). The van der Waals surface area contributed by atoms with Gasteiger partial charge in [-0.15, -0.1) is 34.0 Å². The van der Waals surface area contributed by atoms with E-state index in [2.05, 4.69) is 51.9 Å². The van der Waals surface area contributed by atoms with E-state index in [9.17, 15) is 24.9 Å². The number of esters is 2. The first-order valence-corrected chi connectivity index (χ1v) is 33.1. The Bertz CT molecular complexity index is 4150. The minimum atomic E-state index is -1.05. The molecule has 0 spiro atoms. The Kier molecular flexibility index (Phi) is 18.5. The number of thiazole rings is 3. The molecule has 93 heavy (non-hydrogen) atoms. The van der Waals surface area contributed by atoms with Crippen molar-refractivity contribution in [2.24, 2.45) is 17.8 Å². The van der Waals surface area contributed by atoms with Gasteiger partial charge in [0.25, 0.3) is 0 Å². The van der Waals surface area contributed by atoms with Crippen LogP contribution < -0.4 is 33.2 Å². The minimum absolute atomic E-state index is 0.000423. The molecular weight excluding hydrogens is 1250 g/mol. The smallest absolute Gasteiger partial charge is 0.302 e. The Labute approximate surface area is 547 Å². The van der Waals surface area contributed by atoms with Gasteiger partial charge >= 0.3 is 11.9 Å².